The maximum absolute atomic E-state index is 11.3. The summed E-state index contributed by atoms with van der Waals surface area (Å²) in [6, 6.07) is 30.5. The number of carbonyl (C=O) groups is 4. The molecule has 4 nitrogen and oxygen atoms in total. The molecule has 4 aromatic rings. The number of benzene rings is 4. The van der Waals surface area contributed by atoms with Crippen molar-refractivity contribution in [1.82, 2.24) is 0 Å². The van der Waals surface area contributed by atoms with Crippen LogP contribution in [0.2, 0.25) is 0 Å². The van der Waals surface area contributed by atoms with E-state index in [0.717, 1.165) is 39.5 Å². The van der Waals surface area contributed by atoms with Crippen molar-refractivity contribution in [3.8, 4) is 0 Å². The Morgan fingerprint density at radius 3 is 0.667 bits per heavy atom. The fraction of sp³-hybridized carbons (Fsp3) is 0. The van der Waals surface area contributed by atoms with E-state index in [1.165, 1.54) is 0 Å². The Morgan fingerprint density at radius 1 is 0.333 bits per heavy atom. The van der Waals surface area contributed by atoms with Crippen molar-refractivity contribution in [1.29, 1.82) is 0 Å². The van der Waals surface area contributed by atoms with Crippen molar-refractivity contribution in [3.63, 3.8) is 0 Å². The average Bonchev–Trinajstić information content (AvgIpc) is 2.90. The zero-order valence-electron chi connectivity index (χ0n) is 17.7. The summed E-state index contributed by atoms with van der Waals surface area (Å²) in [5, 5.41) is 0. The van der Waals surface area contributed by atoms with E-state index in [1.54, 1.807) is 0 Å². The molecule has 5 heteroatoms. The van der Waals surface area contributed by atoms with Gasteiger partial charge in [0.15, 0.2) is 0 Å². The molecule has 0 atom stereocenters. The number of rotatable bonds is 8. The Labute approximate surface area is 195 Å². The summed E-state index contributed by atoms with van der Waals surface area (Å²) >= 11 is -3.97. The Kier molecular flexibility index (Phi) is 6.75. The van der Waals surface area contributed by atoms with Crippen molar-refractivity contribution >= 4 is 57.8 Å². The van der Waals surface area contributed by atoms with Gasteiger partial charge in [0, 0.05) is 0 Å². The predicted molar refractivity (Wildman–Crippen MR) is 132 cm³/mol. The summed E-state index contributed by atoms with van der Waals surface area (Å²) in [4.78, 5) is 45.2. The number of aldehydes is 4. The standard InChI is InChI=1S/4C7H5O.Sn/c4*8-6-7-4-2-1-3-5-7;/h4*2-6H;. The van der Waals surface area contributed by atoms with E-state index >= 15 is 0 Å². The average molecular weight is 539 g/mol. The van der Waals surface area contributed by atoms with Crippen LogP contribution in [0.1, 0.15) is 41.4 Å². The molecule has 0 aliphatic carbocycles. The third kappa shape index (κ3) is 4.22. The van der Waals surface area contributed by atoms with E-state index in [0.29, 0.717) is 22.3 Å². The van der Waals surface area contributed by atoms with Gasteiger partial charge in [-0.05, 0) is 0 Å². The molecular weight excluding hydrogens is 519 g/mol. The second-order valence-electron chi connectivity index (χ2n) is 7.71. The van der Waals surface area contributed by atoms with E-state index in [9.17, 15) is 19.2 Å². The van der Waals surface area contributed by atoms with Gasteiger partial charge in [0.25, 0.3) is 0 Å². The van der Waals surface area contributed by atoms with Gasteiger partial charge in [-0.1, -0.05) is 0 Å². The van der Waals surface area contributed by atoms with Crippen LogP contribution in [0, 0.1) is 0 Å². The molecular formula is C28H20O4Sn. The van der Waals surface area contributed by atoms with Gasteiger partial charge in [0.05, 0.1) is 0 Å². The van der Waals surface area contributed by atoms with Gasteiger partial charge in [-0.2, -0.15) is 0 Å². The van der Waals surface area contributed by atoms with Gasteiger partial charge in [0.1, 0.15) is 0 Å². The summed E-state index contributed by atoms with van der Waals surface area (Å²) in [6.07, 6.45) is 3.27. The molecule has 0 heterocycles. The quantitative estimate of drug-likeness (QED) is 0.255. The van der Waals surface area contributed by atoms with E-state index < -0.39 is 18.4 Å². The molecule has 33 heavy (non-hydrogen) atoms. The van der Waals surface area contributed by atoms with E-state index in [2.05, 4.69) is 0 Å². The molecule has 0 bridgehead atoms. The first kappa shape index (κ1) is 22.5. The second-order valence-corrected chi connectivity index (χ2v) is 18.6. The second kappa shape index (κ2) is 9.88. The molecule has 0 aromatic heterocycles. The van der Waals surface area contributed by atoms with Gasteiger partial charge in [0.2, 0.25) is 0 Å². The van der Waals surface area contributed by atoms with Crippen LogP contribution >= 0.6 is 0 Å². The molecule has 0 aliphatic rings. The van der Waals surface area contributed by atoms with Crippen molar-refractivity contribution in [2.45, 2.75) is 0 Å². The number of hydrogen-bond acceptors (Lipinski definition) is 4. The molecule has 160 valence electrons. The third-order valence-electron chi connectivity index (χ3n) is 5.92. The first-order valence-electron chi connectivity index (χ1n) is 10.4. The molecule has 0 unspecified atom stereocenters. The fourth-order valence-electron chi connectivity index (χ4n) is 4.25. The molecule has 0 fully saturated rings. The van der Waals surface area contributed by atoms with Gasteiger partial charge in [-0.25, -0.2) is 0 Å². The molecule has 4 rings (SSSR count). The Morgan fingerprint density at radius 2 is 0.515 bits per heavy atom. The first-order valence-corrected chi connectivity index (χ1v) is 16.1. The fourth-order valence-corrected chi connectivity index (χ4v) is 17.6. The molecule has 4 aromatic carbocycles. The SMILES string of the molecule is O=Cc1cc[c]([Sn]([c]2ccc(C=O)cc2)([c]2ccc(C=O)cc2)[c]2ccc(C=O)cc2)cc1. The van der Waals surface area contributed by atoms with Crippen LogP contribution in [0.5, 0.6) is 0 Å². The zero-order chi connectivity index (χ0) is 23.3. The third-order valence-corrected chi connectivity index (χ3v) is 19.6. The molecule has 0 radical (unpaired) electrons. The zero-order valence-corrected chi connectivity index (χ0v) is 20.5. The molecule has 0 saturated carbocycles. The molecule has 0 spiro atoms. The Balaban J connectivity index is 2.09. The minimum atomic E-state index is -3.97. The molecule has 0 aliphatic heterocycles. The summed E-state index contributed by atoms with van der Waals surface area (Å²) in [7, 11) is 0. The van der Waals surface area contributed by atoms with Crippen LogP contribution in [0.15, 0.2) is 97.1 Å². The predicted octanol–water partition coefficient (Wildman–Crippen LogP) is 2.31. The van der Waals surface area contributed by atoms with Gasteiger partial charge in [-0.3, -0.25) is 0 Å². The van der Waals surface area contributed by atoms with Crippen molar-refractivity contribution in [3.05, 3.63) is 119 Å². The Hall–Kier alpha value is -3.64. The number of hydrogen-bond donors (Lipinski definition) is 0. The normalized spacial score (nSPS) is 10.9. The van der Waals surface area contributed by atoms with E-state index in [1.807, 2.05) is 97.1 Å². The van der Waals surface area contributed by atoms with E-state index in [-0.39, 0.29) is 0 Å². The van der Waals surface area contributed by atoms with Crippen LogP contribution in [0.4, 0.5) is 0 Å². The van der Waals surface area contributed by atoms with E-state index in [4.69, 9.17) is 0 Å². The van der Waals surface area contributed by atoms with Crippen molar-refractivity contribution in [2.24, 2.45) is 0 Å². The van der Waals surface area contributed by atoms with Crippen molar-refractivity contribution < 1.29 is 19.2 Å². The van der Waals surface area contributed by atoms with Crippen LogP contribution in [-0.4, -0.2) is 43.5 Å². The van der Waals surface area contributed by atoms with Gasteiger partial charge < -0.3 is 0 Å². The van der Waals surface area contributed by atoms with Gasteiger partial charge in [-0.15, -0.1) is 0 Å². The summed E-state index contributed by atoms with van der Waals surface area (Å²) < 4.78 is 4.41. The van der Waals surface area contributed by atoms with Crippen LogP contribution in [-0.2, 0) is 0 Å². The Bertz CT molecular complexity index is 1080. The van der Waals surface area contributed by atoms with Crippen LogP contribution < -0.4 is 14.3 Å². The van der Waals surface area contributed by atoms with Crippen LogP contribution in [0.25, 0.3) is 0 Å². The minimum absolute atomic E-state index is 0.586. The summed E-state index contributed by atoms with van der Waals surface area (Å²) in [5.74, 6) is 0. The van der Waals surface area contributed by atoms with Crippen LogP contribution in [0.3, 0.4) is 0 Å². The number of carbonyl (C=O) groups excluding carboxylic acids is 4. The monoisotopic (exact) mass is 540 g/mol. The maximum atomic E-state index is 11.3. The summed E-state index contributed by atoms with van der Waals surface area (Å²) in [5.41, 5.74) is 2.34. The van der Waals surface area contributed by atoms with Gasteiger partial charge >= 0.3 is 196 Å². The molecule has 0 amide bonds. The topological polar surface area (TPSA) is 68.3 Å². The molecule has 0 N–H and O–H groups in total. The summed E-state index contributed by atoms with van der Waals surface area (Å²) in [6.45, 7) is 0. The molecule has 0 saturated heterocycles. The first-order chi connectivity index (χ1) is 16.1. The van der Waals surface area contributed by atoms with Crippen molar-refractivity contribution in [2.75, 3.05) is 0 Å².